The lowest BCUT2D eigenvalue weighted by Crippen LogP contribution is -2.03. The zero-order valence-corrected chi connectivity index (χ0v) is 20.7. The quantitative estimate of drug-likeness (QED) is 0.229. The molecule has 0 N–H and O–H groups in total. The van der Waals surface area contributed by atoms with E-state index < -0.39 is 5.97 Å². The zero-order valence-electron chi connectivity index (χ0n) is 20.7. The predicted octanol–water partition coefficient (Wildman–Crippen LogP) is 5.56. The van der Waals surface area contributed by atoms with Crippen LogP contribution in [0.5, 0.6) is 17.2 Å². The summed E-state index contributed by atoms with van der Waals surface area (Å²) in [4.78, 5) is 12.5. The Bertz CT molecular complexity index is 1270. The summed E-state index contributed by atoms with van der Waals surface area (Å²) in [5.41, 5.74) is 4.70. The molecule has 7 heteroatoms. The van der Waals surface area contributed by atoms with Crippen molar-refractivity contribution in [1.82, 2.24) is 9.78 Å². The van der Waals surface area contributed by atoms with Crippen LogP contribution in [0.25, 0.3) is 22.5 Å². The Morgan fingerprint density at radius 3 is 1.86 bits per heavy atom. The van der Waals surface area contributed by atoms with Crippen molar-refractivity contribution < 1.29 is 23.7 Å². The molecule has 0 bridgehead atoms. The number of hydrogen-bond donors (Lipinski definition) is 0. The molecule has 0 aliphatic rings. The monoisotopic (exact) mass is 484 g/mol. The van der Waals surface area contributed by atoms with Crippen LogP contribution in [0.15, 0.2) is 84.9 Å². The molecule has 1 heterocycles. The summed E-state index contributed by atoms with van der Waals surface area (Å²) >= 11 is 0. The average molecular weight is 485 g/mol. The Kier molecular flexibility index (Phi) is 7.70. The minimum atomic E-state index is -0.437. The molecular weight excluding hydrogens is 456 g/mol. The highest BCUT2D eigenvalue weighted by molar-refractivity contribution is 5.96. The summed E-state index contributed by atoms with van der Waals surface area (Å²) in [7, 11) is 4.88. The number of benzene rings is 3. The van der Waals surface area contributed by atoms with E-state index in [2.05, 4.69) is 0 Å². The van der Waals surface area contributed by atoms with Gasteiger partial charge >= 0.3 is 5.97 Å². The van der Waals surface area contributed by atoms with E-state index in [1.165, 1.54) is 6.08 Å². The number of ether oxygens (including phenoxy) is 4. The number of esters is 1. The van der Waals surface area contributed by atoms with Crippen molar-refractivity contribution in [2.45, 2.75) is 6.92 Å². The Morgan fingerprint density at radius 1 is 0.806 bits per heavy atom. The molecule has 0 saturated heterocycles. The first kappa shape index (κ1) is 24.6. The van der Waals surface area contributed by atoms with Crippen LogP contribution in [0.2, 0.25) is 0 Å². The van der Waals surface area contributed by atoms with Gasteiger partial charge in [-0.25, -0.2) is 9.48 Å². The minimum Gasteiger partial charge on any atom is -0.497 e. The van der Waals surface area contributed by atoms with E-state index in [-0.39, 0.29) is 6.61 Å². The maximum absolute atomic E-state index is 12.5. The van der Waals surface area contributed by atoms with Gasteiger partial charge in [-0.05, 0) is 79.2 Å². The van der Waals surface area contributed by atoms with E-state index in [9.17, 15) is 4.79 Å². The van der Waals surface area contributed by atoms with Crippen molar-refractivity contribution in [3.8, 4) is 34.2 Å². The second-order valence-corrected chi connectivity index (χ2v) is 7.79. The molecular formula is C29H28N2O5. The summed E-state index contributed by atoms with van der Waals surface area (Å²) < 4.78 is 23.0. The Hall–Kier alpha value is -4.52. The van der Waals surface area contributed by atoms with Gasteiger partial charge in [-0.1, -0.05) is 12.1 Å². The first-order valence-corrected chi connectivity index (χ1v) is 11.5. The van der Waals surface area contributed by atoms with Crippen LogP contribution in [0, 0.1) is 0 Å². The number of methoxy groups -OCH3 is 3. The van der Waals surface area contributed by atoms with Gasteiger partial charge in [-0.2, -0.15) is 5.10 Å². The summed E-state index contributed by atoms with van der Waals surface area (Å²) in [5.74, 6) is 1.79. The fourth-order valence-electron chi connectivity index (χ4n) is 3.78. The highest BCUT2D eigenvalue weighted by atomic mass is 16.5. The molecule has 184 valence electrons. The summed E-state index contributed by atoms with van der Waals surface area (Å²) in [6.45, 7) is 2.06. The molecule has 4 aromatic rings. The molecule has 1 aromatic heterocycles. The molecule has 0 unspecified atom stereocenters. The lowest BCUT2D eigenvalue weighted by Gasteiger charge is -2.09. The lowest BCUT2D eigenvalue weighted by atomic mass is 10.0. The van der Waals surface area contributed by atoms with Gasteiger partial charge in [-0.3, -0.25) is 0 Å². The maximum atomic E-state index is 12.5. The van der Waals surface area contributed by atoms with Gasteiger partial charge < -0.3 is 18.9 Å². The van der Waals surface area contributed by atoms with Crippen LogP contribution in [0.4, 0.5) is 0 Å². The fourth-order valence-corrected chi connectivity index (χ4v) is 3.78. The third kappa shape index (κ3) is 5.41. The molecule has 3 aromatic carbocycles. The Morgan fingerprint density at radius 2 is 1.33 bits per heavy atom. The fraction of sp³-hybridized carbons (Fsp3) is 0.172. The van der Waals surface area contributed by atoms with E-state index in [1.54, 1.807) is 28.3 Å². The van der Waals surface area contributed by atoms with Crippen molar-refractivity contribution >= 4 is 11.5 Å². The number of nitrogens with zero attached hydrogens (tertiary/aromatic N) is 2. The van der Waals surface area contributed by atoms with Crippen molar-refractivity contribution in [3.63, 3.8) is 0 Å². The highest BCUT2D eigenvalue weighted by Crippen LogP contribution is 2.32. The Labute approximate surface area is 210 Å². The number of carbonyl (C=O) groups excluding carboxylic acids is 1. The van der Waals surface area contributed by atoms with E-state index in [0.717, 1.165) is 39.8 Å². The summed E-state index contributed by atoms with van der Waals surface area (Å²) in [5, 5.41) is 4.92. The van der Waals surface area contributed by atoms with Gasteiger partial charge in [0.05, 0.1) is 45.0 Å². The van der Waals surface area contributed by atoms with E-state index >= 15 is 0 Å². The normalized spacial score (nSPS) is 11.2. The summed E-state index contributed by atoms with van der Waals surface area (Å²) in [6, 6.07) is 24.8. The third-order valence-corrected chi connectivity index (χ3v) is 5.64. The van der Waals surface area contributed by atoms with Crippen molar-refractivity contribution in [1.29, 1.82) is 0 Å². The van der Waals surface area contributed by atoms with Crippen molar-refractivity contribution in [3.05, 3.63) is 96.2 Å². The van der Waals surface area contributed by atoms with Gasteiger partial charge in [0.25, 0.3) is 0 Å². The standard InChI is InChI=1S/C29H28N2O5/c1-5-36-29(32)18-26(20-6-12-23(33-2)13-7-20)27-19-28(21-8-14-24(34-3)15-9-21)31(30-27)22-10-16-25(35-4)17-11-22/h6-19H,5H2,1-4H3/b26-18-. The number of carbonyl (C=O) groups is 1. The molecule has 0 aliphatic heterocycles. The predicted molar refractivity (Wildman–Crippen MR) is 139 cm³/mol. The molecule has 0 amide bonds. The molecule has 0 saturated carbocycles. The first-order valence-electron chi connectivity index (χ1n) is 11.5. The van der Waals surface area contributed by atoms with Crippen LogP contribution in [-0.4, -0.2) is 43.7 Å². The number of aromatic nitrogens is 2. The van der Waals surface area contributed by atoms with E-state index in [4.69, 9.17) is 24.0 Å². The molecule has 36 heavy (non-hydrogen) atoms. The lowest BCUT2D eigenvalue weighted by molar-refractivity contribution is -0.137. The minimum absolute atomic E-state index is 0.280. The first-order chi connectivity index (χ1) is 17.6. The highest BCUT2D eigenvalue weighted by Gasteiger charge is 2.18. The maximum Gasteiger partial charge on any atom is 0.331 e. The Balaban J connectivity index is 1.88. The topological polar surface area (TPSA) is 71.8 Å². The number of rotatable bonds is 9. The zero-order chi connectivity index (χ0) is 25.5. The third-order valence-electron chi connectivity index (χ3n) is 5.64. The van der Waals surface area contributed by atoms with Gasteiger partial charge in [-0.15, -0.1) is 0 Å². The second-order valence-electron chi connectivity index (χ2n) is 7.79. The summed E-state index contributed by atoms with van der Waals surface area (Å²) in [6.07, 6.45) is 1.48. The molecule has 0 atom stereocenters. The average Bonchev–Trinajstić information content (AvgIpc) is 3.37. The van der Waals surface area contributed by atoms with Gasteiger partial charge in [0.2, 0.25) is 0 Å². The van der Waals surface area contributed by atoms with E-state index in [1.807, 2.05) is 83.5 Å². The molecule has 0 spiro atoms. The second kappa shape index (κ2) is 11.3. The van der Waals surface area contributed by atoms with Crippen LogP contribution < -0.4 is 14.2 Å². The van der Waals surface area contributed by atoms with Crippen LogP contribution in [0.1, 0.15) is 18.2 Å². The van der Waals surface area contributed by atoms with E-state index in [0.29, 0.717) is 11.3 Å². The van der Waals surface area contributed by atoms with Crippen LogP contribution in [-0.2, 0) is 9.53 Å². The molecule has 7 nitrogen and oxygen atoms in total. The SMILES string of the molecule is CCOC(=O)/C=C(/c1ccc(OC)cc1)c1cc(-c2ccc(OC)cc2)n(-c2ccc(OC)cc2)n1. The van der Waals surface area contributed by atoms with Gasteiger partial charge in [0.15, 0.2) is 0 Å². The van der Waals surface area contributed by atoms with Crippen molar-refractivity contribution in [2.75, 3.05) is 27.9 Å². The van der Waals surface area contributed by atoms with Crippen molar-refractivity contribution in [2.24, 2.45) is 0 Å². The molecule has 0 radical (unpaired) electrons. The van der Waals surface area contributed by atoms with Gasteiger partial charge in [0.1, 0.15) is 17.2 Å². The van der Waals surface area contributed by atoms with Gasteiger partial charge in [0, 0.05) is 17.2 Å². The largest absolute Gasteiger partial charge is 0.497 e. The smallest absolute Gasteiger partial charge is 0.331 e. The molecule has 4 rings (SSSR count). The van der Waals surface area contributed by atoms with Crippen LogP contribution in [0.3, 0.4) is 0 Å². The molecule has 0 aliphatic carbocycles. The van der Waals surface area contributed by atoms with Crippen LogP contribution >= 0.6 is 0 Å². The molecule has 0 fully saturated rings. The number of hydrogen-bond acceptors (Lipinski definition) is 6.